The third-order valence-corrected chi connectivity index (χ3v) is 4.51. The second-order valence-electron chi connectivity index (χ2n) is 5.66. The Kier molecular flexibility index (Phi) is 7.50. The number of benzene rings is 1. The molecule has 1 saturated carbocycles. The maximum Gasteiger partial charge on any atom is 0.221 e. The van der Waals surface area contributed by atoms with E-state index in [1.807, 2.05) is 12.1 Å². The van der Waals surface area contributed by atoms with E-state index in [0.29, 0.717) is 19.5 Å². The van der Waals surface area contributed by atoms with Crippen LogP contribution in [-0.2, 0) is 10.2 Å². The number of nitrogens with one attached hydrogen (secondary N) is 1. The first kappa shape index (κ1) is 18.3. The number of carbonyl (C=O) groups excluding carboxylic acids is 1. The summed E-state index contributed by atoms with van der Waals surface area (Å²) < 4.78 is 0. The van der Waals surface area contributed by atoms with E-state index in [9.17, 15) is 4.79 Å². The van der Waals surface area contributed by atoms with Gasteiger partial charge < -0.3 is 11.1 Å². The highest BCUT2D eigenvalue weighted by Crippen LogP contribution is 2.39. The Morgan fingerprint density at radius 2 is 1.81 bits per heavy atom. The molecule has 5 heteroatoms. The van der Waals surface area contributed by atoms with Crippen molar-refractivity contribution in [3.8, 4) is 0 Å². The number of rotatable bonds is 5. The number of nitrogens with two attached hydrogens (primary N) is 1. The minimum atomic E-state index is 0. The Hall–Kier alpha value is -0.770. The van der Waals surface area contributed by atoms with Gasteiger partial charge >= 0.3 is 0 Å². The second-order valence-corrected chi connectivity index (χ2v) is 6.10. The Labute approximate surface area is 138 Å². The van der Waals surface area contributed by atoms with Crippen molar-refractivity contribution in [3.63, 3.8) is 0 Å². The number of hydrogen-bond donors (Lipinski definition) is 2. The van der Waals surface area contributed by atoms with E-state index in [-0.39, 0.29) is 23.7 Å². The van der Waals surface area contributed by atoms with Gasteiger partial charge in [-0.25, -0.2) is 0 Å². The van der Waals surface area contributed by atoms with Crippen molar-refractivity contribution in [2.24, 2.45) is 5.73 Å². The first-order chi connectivity index (χ1) is 9.66. The van der Waals surface area contributed by atoms with E-state index >= 15 is 0 Å². The van der Waals surface area contributed by atoms with Gasteiger partial charge in [-0.3, -0.25) is 4.79 Å². The number of carbonyl (C=O) groups is 1. The fraction of sp³-hybridized carbons (Fsp3) is 0.562. The van der Waals surface area contributed by atoms with E-state index < -0.39 is 0 Å². The van der Waals surface area contributed by atoms with Crippen molar-refractivity contribution in [1.29, 1.82) is 0 Å². The van der Waals surface area contributed by atoms with Gasteiger partial charge in [0.2, 0.25) is 5.91 Å². The molecule has 1 aromatic rings. The van der Waals surface area contributed by atoms with Crippen molar-refractivity contribution in [2.45, 2.75) is 43.9 Å². The molecule has 1 aromatic carbocycles. The van der Waals surface area contributed by atoms with Crippen LogP contribution in [-0.4, -0.2) is 19.0 Å². The predicted molar refractivity (Wildman–Crippen MR) is 90.1 cm³/mol. The van der Waals surface area contributed by atoms with Gasteiger partial charge in [0, 0.05) is 29.9 Å². The molecule has 0 atom stereocenters. The molecule has 1 fully saturated rings. The zero-order valence-corrected chi connectivity index (χ0v) is 13.8. The summed E-state index contributed by atoms with van der Waals surface area (Å²) >= 11 is 5.98. The zero-order valence-electron chi connectivity index (χ0n) is 12.2. The van der Waals surface area contributed by atoms with Crippen LogP contribution in [0.25, 0.3) is 0 Å². The standard InChI is InChI=1S/C16H23ClN2O.ClH/c17-14-6-4-13(5-7-14)16(9-2-1-3-10-16)12-19-15(20)8-11-18;/h4-7H,1-3,8-12,18H2,(H,19,20);1H. The van der Waals surface area contributed by atoms with E-state index in [0.717, 1.165) is 17.9 Å². The molecular weight excluding hydrogens is 307 g/mol. The summed E-state index contributed by atoms with van der Waals surface area (Å²) in [7, 11) is 0. The van der Waals surface area contributed by atoms with Crippen molar-refractivity contribution in [1.82, 2.24) is 5.32 Å². The lowest BCUT2D eigenvalue weighted by molar-refractivity contribution is -0.121. The molecule has 0 spiro atoms. The summed E-state index contributed by atoms with van der Waals surface area (Å²) in [6.07, 6.45) is 6.36. The van der Waals surface area contributed by atoms with Crippen molar-refractivity contribution in [2.75, 3.05) is 13.1 Å². The predicted octanol–water partition coefficient (Wildman–Crippen LogP) is 3.43. The molecule has 3 N–H and O–H groups in total. The lowest BCUT2D eigenvalue weighted by atomic mass is 9.69. The largest absolute Gasteiger partial charge is 0.355 e. The van der Waals surface area contributed by atoms with Gasteiger partial charge in [0.25, 0.3) is 0 Å². The Morgan fingerprint density at radius 3 is 2.38 bits per heavy atom. The van der Waals surface area contributed by atoms with E-state index in [4.69, 9.17) is 17.3 Å². The van der Waals surface area contributed by atoms with Gasteiger partial charge in [-0.15, -0.1) is 12.4 Å². The molecular formula is C16H24Cl2N2O. The SMILES string of the molecule is Cl.NCCC(=O)NCC1(c2ccc(Cl)cc2)CCCCC1. The fourth-order valence-corrected chi connectivity index (χ4v) is 3.21. The molecule has 2 rings (SSSR count). The Bertz CT molecular complexity index is 442. The highest BCUT2D eigenvalue weighted by Gasteiger charge is 2.34. The molecule has 0 aliphatic heterocycles. The van der Waals surface area contributed by atoms with Crippen molar-refractivity contribution in [3.05, 3.63) is 34.9 Å². The Balaban J connectivity index is 0.00000220. The van der Waals surface area contributed by atoms with Gasteiger partial charge in [-0.05, 0) is 30.5 Å². The monoisotopic (exact) mass is 330 g/mol. The average Bonchev–Trinajstić information content (AvgIpc) is 2.47. The average molecular weight is 331 g/mol. The van der Waals surface area contributed by atoms with Crippen LogP contribution in [0.15, 0.2) is 24.3 Å². The van der Waals surface area contributed by atoms with E-state index in [2.05, 4.69) is 17.4 Å². The summed E-state index contributed by atoms with van der Waals surface area (Å²) in [5.74, 6) is 0.0476. The Morgan fingerprint density at radius 1 is 1.19 bits per heavy atom. The van der Waals surface area contributed by atoms with Crippen molar-refractivity contribution < 1.29 is 4.79 Å². The molecule has 0 radical (unpaired) electrons. The third-order valence-electron chi connectivity index (χ3n) is 4.26. The third kappa shape index (κ3) is 4.87. The fourth-order valence-electron chi connectivity index (χ4n) is 3.09. The molecule has 118 valence electrons. The first-order valence-electron chi connectivity index (χ1n) is 7.39. The molecule has 21 heavy (non-hydrogen) atoms. The van der Waals surface area contributed by atoms with Gasteiger partial charge in [-0.2, -0.15) is 0 Å². The molecule has 1 aliphatic carbocycles. The lowest BCUT2D eigenvalue weighted by Gasteiger charge is -2.38. The maximum absolute atomic E-state index is 11.7. The van der Waals surface area contributed by atoms with Gasteiger partial charge in [0.1, 0.15) is 0 Å². The zero-order chi connectivity index (χ0) is 14.4. The van der Waals surface area contributed by atoms with Gasteiger partial charge in [-0.1, -0.05) is 43.0 Å². The van der Waals surface area contributed by atoms with Crippen LogP contribution in [0.3, 0.4) is 0 Å². The molecule has 1 amide bonds. The highest BCUT2D eigenvalue weighted by atomic mass is 35.5. The number of hydrogen-bond acceptors (Lipinski definition) is 2. The van der Waals surface area contributed by atoms with Crippen LogP contribution in [0, 0.1) is 0 Å². The normalized spacial score (nSPS) is 16.9. The van der Waals surface area contributed by atoms with Crippen molar-refractivity contribution >= 4 is 29.9 Å². The molecule has 0 aromatic heterocycles. The van der Waals surface area contributed by atoms with E-state index in [1.165, 1.54) is 24.8 Å². The molecule has 1 aliphatic rings. The highest BCUT2D eigenvalue weighted by molar-refractivity contribution is 6.30. The van der Waals surface area contributed by atoms with Crippen LogP contribution < -0.4 is 11.1 Å². The smallest absolute Gasteiger partial charge is 0.221 e. The minimum absolute atomic E-state index is 0. The quantitative estimate of drug-likeness (QED) is 0.868. The van der Waals surface area contributed by atoms with Crippen LogP contribution in [0.5, 0.6) is 0 Å². The molecule has 0 unspecified atom stereocenters. The minimum Gasteiger partial charge on any atom is -0.355 e. The van der Waals surface area contributed by atoms with Crippen LogP contribution in [0.2, 0.25) is 5.02 Å². The molecule has 0 saturated heterocycles. The van der Waals surface area contributed by atoms with Gasteiger partial charge in [0.15, 0.2) is 0 Å². The summed E-state index contributed by atoms with van der Waals surface area (Å²) in [5.41, 5.74) is 6.77. The molecule has 0 heterocycles. The number of amides is 1. The van der Waals surface area contributed by atoms with Crippen LogP contribution in [0.1, 0.15) is 44.1 Å². The summed E-state index contributed by atoms with van der Waals surface area (Å²) in [6.45, 7) is 1.10. The van der Waals surface area contributed by atoms with E-state index in [1.54, 1.807) is 0 Å². The molecule has 3 nitrogen and oxygen atoms in total. The first-order valence-corrected chi connectivity index (χ1v) is 7.77. The van der Waals surface area contributed by atoms with Crippen LogP contribution in [0.4, 0.5) is 0 Å². The maximum atomic E-state index is 11.7. The summed E-state index contributed by atoms with van der Waals surface area (Å²) in [4.78, 5) is 11.7. The number of halogens is 2. The van der Waals surface area contributed by atoms with Gasteiger partial charge in [0.05, 0.1) is 0 Å². The topological polar surface area (TPSA) is 55.1 Å². The van der Waals surface area contributed by atoms with Crippen LogP contribution >= 0.6 is 24.0 Å². The molecule has 0 bridgehead atoms. The summed E-state index contributed by atoms with van der Waals surface area (Å²) in [5, 5.41) is 3.81. The lowest BCUT2D eigenvalue weighted by Crippen LogP contribution is -2.42. The summed E-state index contributed by atoms with van der Waals surface area (Å²) in [6, 6.07) is 8.08. The second kappa shape index (κ2) is 8.62.